The molecule has 0 saturated carbocycles. The normalized spacial score (nSPS) is 15.1. The monoisotopic (exact) mass is 465 g/mol. The minimum atomic E-state index is -0.714. The molecular formula is C21H31N5O5S. The highest BCUT2D eigenvalue weighted by Crippen LogP contribution is 2.14. The van der Waals surface area contributed by atoms with Crippen LogP contribution < -0.4 is 10.6 Å². The third kappa shape index (κ3) is 7.79. The first-order chi connectivity index (χ1) is 15.3. The van der Waals surface area contributed by atoms with E-state index in [1.807, 2.05) is 18.1 Å². The van der Waals surface area contributed by atoms with Gasteiger partial charge in [0.15, 0.2) is 0 Å². The van der Waals surface area contributed by atoms with Gasteiger partial charge in [-0.25, -0.2) is 0 Å². The lowest BCUT2D eigenvalue weighted by atomic mass is 10.1. The first kappa shape index (κ1) is 25.6. The molecule has 1 aromatic rings. The molecule has 11 heteroatoms. The summed E-state index contributed by atoms with van der Waals surface area (Å²) in [4.78, 5) is 51.8. The van der Waals surface area contributed by atoms with Crippen LogP contribution in [0.4, 0.5) is 5.69 Å². The Balaban J connectivity index is 1.96. The fourth-order valence-electron chi connectivity index (χ4n) is 3.37. The molecule has 1 heterocycles. The topological polar surface area (TPSA) is 125 Å². The highest BCUT2D eigenvalue weighted by Gasteiger charge is 2.29. The van der Waals surface area contributed by atoms with Crippen molar-refractivity contribution in [3.05, 3.63) is 39.9 Å². The molecule has 1 aromatic carbocycles. The molecule has 176 valence electrons. The van der Waals surface area contributed by atoms with E-state index in [1.54, 1.807) is 16.7 Å². The van der Waals surface area contributed by atoms with Gasteiger partial charge in [-0.1, -0.05) is 13.0 Å². The van der Waals surface area contributed by atoms with Crippen LogP contribution in [0.5, 0.6) is 0 Å². The number of rotatable bonds is 11. The Morgan fingerprint density at radius 1 is 1.22 bits per heavy atom. The molecule has 10 nitrogen and oxygen atoms in total. The van der Waals surface area contributed by atoms with Crippen LogP contribution in [0.1, 0.15) is 30.1 Å². The Hall–Kier alpha value is -2.66. The Morgan fingerprint density at radius 3 is 2.56 bits per heavy atom. The van der Waals surface area contributed by atoms with Gasteiger partial charge in [-0.15, -0.1) is 0 Å². The third-order valence-corrected chi connectivity index (χ3v) is 5.80. The predicted octanol–water partition coefficient (Wildman–Crippen LogP) is 1.12. The van der Waals surface area contributed by atoms with Crippen molar-refractivity contribution in [2.75, 3.05) is 51.3 Å². The third-order valence-electron chi connectivity index (χ3n) is 5.16. The van der Waals surface area contributed by atoms with Crippen LogP contribution >= 0.6 is 11.8 Å². The second-order valence-corrected chi connectivity index (χ2v) is 8.55. The number of nitrogens with zero attached hydrogens (tertiary/aromatic N) is 3. The van der Waals surface area contributed by atoms with Crippen molar-refractivity contribution in [2.24, 2.45) is 0 Å². The molecule has 1 unspecified atom stereocenters. The van der Waals surface area contributed by atoms with Crippen LogP contribution in [0, 0.1) is 10.1 Å². The average molecular weight is 466 g/mol. The number of carbonyl (C=O) groups is 3. The lowest BCUT2D eigenvalue weighted by Gasteiger charge is -2.36. The number of nitro benzene ring substituents is 1. The maximum Gasteiger partial charge on any atom is 0.270 e. The Bertz CT molecular complexity index is 814. The van der Waals surface area contributed by atoms with Crippen molar-refractivity contribution in [3.63, 3.8) is 0 Å². The molecule has 2 N–H and O–H groups in total. The minimum absolute atomic E-state index is 0.0197. The molecule has 2 rings (SSSR count). The molecule has 0 radical (unpaired) electrons. The zero-order valence-corrected chi connectivity index (χ0v) is 19.4. The second kappa shape index (κ2) is 13.0. The standard InChI is InChI=1S/C21H31N5O5S/c1-3-8-22-19(27)15-24-9-11-25(12-10-24)21(29)18(7-13-32-2)23-20(28)16-5-4-6-17(14-16)26(30)31/h4-6,14,18H,3,7-13,15H2,1-2H3,(H,22,27)(H,23,28). The molecule has 1 atom stereocenters. The van der Waals surface area contributed by atoms with Crippen molar-refractivity contribution in [2.45, 2.75) is 25.8 Å². The van der Waals surface area contributed by atoms with Gasteiger partial charge in [0.05, 0.1) is 11.5 Å². The molecule has 1 fully saturated rings. The van der Waals surface area contributed by atoms with Crippen molar-refractivity contribution in [3.8, 4) is 0 Å². The maximum absolute atomic E-state index is 13.1. The number of hydrogen-bond donors (Lipinski definition) is 2. The molecule has 32 heavy (non-hydrogen) atoms. The molecule has 0 spiro atoms. The summed E-state index contributed by atoms with van der Waals surface area (Å²) in [5.74, 6) is -0.0237. The van der Waals surface area contributed by atoms with E-state index in [9.17, 15) is 24.5 Å². The maximum atomic E-state index is 13.1. The van der Waals surface area contributed by atoms with E-state index in [-0.39, 0.29) is 23.1 Å². The average Bonchev–Trinajstić information content (AvgIpc) is 2.80. The molecule has 0 bridgehead atoms. The molecule has 0 aromatic heterocycles. The molecule has 3 amide bonds. The Labute approximate surface area is 192 Å². The smallest absolute Gasteiger partial charge is 0.270 e. The van der Waals surface area contributed by atoms with Crippen LogP contribution in [0.3, 0.4) is 0 Å². The SMILES string of the molecule is CCCNC(=O)CN1CCN(C(=O)C(CCSC)NC(=O)c2cccc([N+](=O)[O-])c2)CC1. The molecular weight excluding hydrogens is 434 g/mol. The van der Waals surface area contributed by atoms with E-state index in [0.29, 0.717) is 51.4 Å². The summed E-state index contributed by atoms with van der Waals surface area (Å²) in [7, 11) is 0. The first-order valence-electron chi connectivity index (χ1n) is 10.7. The summed E-state index contributed by atoms with van der Waals surface area (Å²) >= 11 is 1.57. The van der Waals surface area contributed by atoms with Crippen LogP contribution in [0.25, 0.3) is 0 Å². The summed E-state index contributed by atoms with van der Waals surface area (Å²) in [5, 5.41) is 16.6. The number of carbonyl (C=O) groups excluding carboxylic acids is 3. The quantitative estimate of drug-likeness (QED) is 0.371. The van der Waals surface area contributed by atoms with E-state index >= 15 is 0 Å². The number of nitrogens with one attached hydrogen (secondary N) is 2. The molecule has 1 saturated heterocycles. The number of benzene rings is 1. The van der Waals surface area contributed by atoms with Gasteiger partial charge in [0, 0.05) is 50.4 Å². The molecule has 1 aliphatic heterocycles. The van der Waals surface area contributed by atoms with Gasteiger partial charge in [0.2, 0.25) is 11.8 Å². The van der Waals surface area contributed by atoms with Gasteiger partial charge in [-0.3, -0.25) is 29.4 Å². The van der Waals surface area contributed by atoms with Crippen LogP contribution in [-0.2, 0) is 9.59 Å². The summed E-state index contributed by atoms with van der Waals surface area (Å²) in [6, 6.07) is 4.74. The van der Waals surface area contributed by atoms with E-state index in [2.05, 4.69) is 10.6 Å². The number of non-ortho nitro benzene ring substituents is 1. The van der Waals surface area contributed by atoms with E-state index < -0.39 is 16.9 Å². The number of amides is 3. The largest absolute Gasteiger partial charge is 0.355 e. The summed E-state index contributed by atoms with van der Waals surface area (Å²) in [6.07, 6.45) is 3.26. The number of hydrogen-bond acceptors (Lipinski definition) is 7. The number of thioether (sulfide) groups is 1. The fourth-order valence-corrected chi connectivity index (χ4v) is 3.84. The highest BCUT2D eigenvalue weighted by atomic mass is 32.2. The van der Waals surface area contributed by atoms with Gasteiger partial charge < -0.3 is 15.5 Å². The first-order valence-corrected chi connectivity index (χ1v) is 12.1. The lowest BCUT2D eigenvalue weighted by Crippen LogP contribution is -2.56. The van der Waals surface area contributed by atoms with Gasteiger partial charge in [-0.05, 0) is 30.9 Å². The zero-order valence-electron chi connectivity index (χ0n) is 18.5. The summed E-state index contributed by atoms with van der Waals surface area (Å²) in [5.41, 5.74) is -0.0344. The Morgan fingerprint density at radius 2 is 1.94 bits per heavy atom. The highest BCUT2D eigenvalue weighted by molar-refractivity contribution is 7.98. The van der Waals surface area contributed by atoms with Crippen LogP contribution in [0.15, 0.2) is 24.3 Å². The van der Waals surface area contributed by atoms with E-state index in [0.717, 1.165) is 6.42 Å². The molecule has 1 aliphatic rings. The van der Waals surface area contributed by atoms with Crippen LogP contribution in [-0.4, -0.2) is 89.8 Å². The van der Waals surface area contributed by atoms with Gasteiger partial charge in [0.1, 0.15) is 6.04 Å². The lowest BCUT2D eigenvalue weighted by molar-refractivity contribution is -0.384. The molecule has 0 aliphatic carbocycles. The van der Waals surface area contributed by atoms with Crippen molar-refractivity contribution in [1.82, 2.24) is 20.4 Å². The van der Waals surface area contributed by atoms with Gasteiger partial charge in [-0.2, -0.15) is 11.8 Å². The summed E-state index contributed by atoms with van der Waals surface area (Å²) in [6.45, 7) is 5.07. The van der Waals surface area contributed by atoms with Crippen molar-refractivity contribution >= 4 is 35.2 Å². The number of nitro groups is 1. The summed E-state index contributed by atoms with van der Waals surface area (Å²) < 4.78 is 0. The number of piperazine rings is 1. The van der Waals surface area contributed by atoms with Crippen molar-refractivity contribution < 1.29 is 19.3 Å². The van der Waals surface area contributed by atoms with Crippen LogP contribution in [0.2, 0.25) is 0 Å². The predicted molar refractivity (Wildman–Crippen MR) is 124 cm³/mol. The fraction of sp³-hybridized carbons (Fsp3) is 0.571. The van der Waals surface area contributed by atoms with Gasteiger partial charge in [0.25, 0.3) is 11.6 Å². The Kier molecular flexibility index (Phi) is 10.4. The van der Waals surface area contributed by atoms with E-state index in [4.69, 9.17) is 0 Å². The van der Waals surface area contributed by atoms with Crippen molar-refractivity contribution in [1.29, 1.82) is 0 Å². The minimum Gasteiger partial charge on any atom is -0.355 e. The second-order valence-electron chi connectivity index (χ2n) is 7.57. The van der Waals surface area contributed by atoms with E-state index in [1.165, 1.54) is 24.3 Å². The van der Waals surface area contributed by atoms with Gasteiger partial charge >= 0.3 is 0 Å². The zero-order chi connectivity index (χ0) is 23.5.